The normalized spacial score (nSPS) is 23.1. The molecule has 0 aliphatic heterocycles. The summed E-state index contributed by atoms with van der Waals surface area (Å²) in [5.41, 5.74) is 3.94. The molecule has 0 bridgehead atoms. The molecule has 0 aromatic carbocycles. The standard InChI is InChI=1S/C12H19BS/c1-11(2)5-6-12(3,4)10-9(11)8(13)7-14-10/h7H,5-6,13H2,1-4H3. The fourth-order valence-corrected chi connectivity index (χ4v) is 4.04. The summed E-state index contributed by atoms with van der Waals surface area (Å²) in [6.45, 7) is 9.55. The second kappa shape index (κ2) is 2.88. The third-order valence-corrected chi connectivity index (χ3v) is 5.11. The fraction of sp³-hybridized carbons (Fsp3) is 0.667. The highest BCUT2D eigenvalue weighted by atomic mass is 32.1. The number of fused-ring (bicyclic) bond motifs is 1. The van der Waals surface area contributed by atoms with Crippen molar-refractivity contribution in [3.05, 3.63) is 15.8 Å². The Morgan fingerprint density at radius 3 is 2.29 bits per heavy atom. The van der Waals surface area contributed by atoms with Crippen molar-refractivity contribution in [2.24, 2.45) is 0 Å². The topological polar surface area (TPSA) is 0 Å². The molecular weight excluding hydrogens is 187 g/mol. The first kappa shape index (κ1) is 10.3. The minimum atomic E-state index is 0.398. The Kier molecular flexibility index (Phi) is 2.12. The Balaban J connectivity index is 2.64. The van der Waals surface area contributed by atoms with E-state index in [0.29, 0.717) is 10.8 Å². The molecule has 1 aromatic heterocycles. The molecule has 1 aromatic rings. The molecule has 0 radical (unpaired) electrons. The summed E-state index contributed by atoms with van der Waals surface area (Å²) in [5.74, 6) is 0. The van der Waals surface area contributed by atoms with Gasteiger partial charge in [-0.3, -0.25) is 0 Å². The van der Waals surface area contributed by atoms with Gasteiger partial charge in [-0.15, -0.1) is 11.3 Å². The minimum Gasteiger partial charge on any atom is -0.149 e. The van der Waals surface area contributed by atoms with Gasteiger partial charge in [-0.25, -0.2) is 0 Å². The van der Waals surface area contributed by atoms with Crippen LogP contribution < -0.4 is 5.46 Å². The molecule has 1 aliphatic rings. The second-order valence-corrected chi connectivity index (χ2v) is 6.77. The number of hydrogen-bond donors (Lipinski definition) is 0. The third kappa shape index (κ3) is 1.35. The lowest BCUT2D eigenvalue weighted by atomic mass is 9.64. The molecule has 1 aliphatic carbocycles. The van der Waals surface area contributed by atoms with Crippen molar-refractivity contribution in [2.45, 2.75) is 51.4 Å². The first-order chi connectivity index (χ1) is 6.34. The molecule has 2 heteroatoms. The molecule has 0 amide bonds. The van der Waals surface area contributed by atoms with E-state index in [1.807, 2.05) is 11.3 Å². The molecule has 0 N–H and O–H groups in total. The maximum absolute atomic E-state index is 2.39. The molecule has 0 atom stereocenters. The smallest absolute Gasteiger partial charge is 0.140 e. The van der Waals surface area contributed by atoms with Crippen molar-refractivity contribution < 1.29 is 0 Å². The van der Waals surface area contributed by atoms with Gasteiger partial charge in [-0.2, -0.15) is 0 Å². The lowest BCUT2D eigenvalue weighted by molar-refractivity contribution is 0.340. The molecule has 0 nitrogen and oxygen atoms in total. The zero-order valence-corrected chi connectivity index (χ0v) is 10.7. The average molecular weight is 206 g/mol. The first-order valence-electron chi connectivity index (χ1n) is 5.44. The lowest BCUT2D eigenvalue weighted by Gasteiger charge is -2.40. The predicted molar refractivity (Wildman–Crippen MR) is 67.8 cm³/mol. The van der Waals surface area contributed by atoms with Gasteiger partial charge < -0.3 is 0 Å². The second-order valence-electron chi connectivity index (χ2n) is 5.89. The number of thiophene rings is 1. The van der Waals surface area contributed by atoms with Crippen molar-refractivity contribution in [1.82, 2.24) is 0 Å². The van der Waals surface area contributed by atoms with E-state index in [1.54, 1.807) is 10.4 Å². The van der Waals surface area contributed by atoms with E-state index in [-0.39, 0.29) is 0 Å². The molecule has 0 spiro atoms. The predicted octanol–water partition coefficient (Wildman–Crippen LogP) is 2.36. The largest absolute Gasteiger partial charge is 0.149 e. The van der Waals surface area contributed by atoms with Crippen LogP contribution in [0.25, 0.3) is 0 Å². The van der Waals surface area contributed by atoms with Crippen LogP contribution >= 0.6 is 11.3 Å². The Labute approximate surface area is 92.1 Å². The highest BCUT2D eigenvalue weighted by molar-refractivity contribution is 7.11. The summed E-state index contributed by atoms with van der Waals surface area (Å²) in [6.07, 6.45) is 2.65. The van der Waals surface area contributed by atoms with E-state index >= 15 is 0 Å². The molecule has 0 fully saturated rings. The van der Waals surface area contributed by atoms with Crippen molar-refractivity contribution in [3.63, 3.8) is 0 Å². The van der Waals surface area contributed by atoms with Gasteiger partial charge in [0.1, 0.15) is 7.85 Å². The van der Waals surface area contributed by atoms with Crippen LogP contribution in [0, 0.1) is 0 Å². The monoisotopic (exact) mass is 206 g/mol. The van der Waals surface area contributed by atoms with Gasteiger partial charge >= 0.3 is 0 Å². The SMILES string of the molecule is Bc1csc2c1C(C)(C)CCC2(C)C. The lowest BCUT2D eigenvalue weighted by Crippen LogP contribution is -2.35. The van der Waals surface area contributed by atoms with Gasteiger partial charge in [0.25, 0.3) is 0 Å². The van der Waals surface area contributed by atoms with Crippen LogP contribution in [0.3, 0.4) is 0 Å². The van der Waals surface area contributed by atoms with E-state index in [9.17, 15) is 0 Å². The molecule has 2 rings (SSSR count). The van der Waals surface area contributed by atoms with Crippen molar-refractivity contribution in [3.8, 4) is 0 Å². The maximum atomic E-state index is 2.39. The molecule has 14 heavy (non-hydrogen) atoms. The number of hydrogen-bond acceptors (Lipinski definition) is 1. The van der Waals surface area contributed by atoms with E-state index in [2.05, 4.69) is 40.9 Å². The summed E-state index contributed by atoms with van der Waals surface area (Å²) in [7, 11) is 2.26. The van der Waals surface area contributed by atoms with Crippen LogP contribution in [-0.4, -0.2) is 7.85 Å². The van der Waals surface area contributed by atoms with Gasteiger partial charge in [0.05, 0.1) is 0 Å². The van der Waals surface area contributed by atoms with E-state index in [1.165, 1.54) is 18.3 Å². The van der Waals surface area contributed by atoms with E-state index < -0.39 is 0 Å². The van der Waals surface area contributed by atoms with Crippen LogP contribution in [0.1, 0.15) is 51.0 Å². The van der Waals surface area contributed by atoms with Crippen LogP contribution in [0.5, 0.6) is 0 Å². The quantitative estimate of drug-likeness (QED) is 0.571. The van der Waals surface area contributed by atoms with Crippen LogP contribution in [0.4, 0.5) is 0 Å². The van der Waals surface area contributed by atoms with E-state index in [4.69, 9.17) is 0 Å². The molecule has 0 unspecified atom stereocenters. The molecule has 76 valence electrons. The van der Waals surface area contributed by atoms with Crippen molar-refractivity contribution in [2.75, 3.05) is 0 Å². The highest BCUT2D eigenvalue weighted by Gasteiger charge is 2.38. The molecule has 1 heterocycles. The summed E-state index contributed by atoms with van der Waals surface area (Å²) in [6, 6.07) is 0. The average Bonchev–Trinajstić information content (AvgIpc) is 2.44. The van der Waals surface area contributed by atoms with Crippen molar-refractivity contribution >= 4 is 24.6 Å². The Morgan fingerprint density at radius 2 is 1.71 bits per heavy atom. The first-order valence-corrected chi connectivity index (χ1v) is 6.32. The zero-order valence-electron chi connectivity index (χ0n) is 9.90. The summed E-state index contributed by atoms with van der Waals surface area (Å²) in [5, 5.41) is 2.33. The fourth-order valence-electron chi connectivity index (χ4n) is 2.65. The van der Waals surface area contributed by atoms with Gasteiger partial charge in [-0.1, -0.05) is 33.2 Å². The van der Waals surface area contributed by atoms with Gasteiger partial charge in [-0.05, 0) is 34.6 Å². The van der Waals surface area contributed by atoms with Gasteiger partial charge in [0.2, 0.25) is 0 Å². The highest BCUT2D eigenvalue weighted by Crippen LogP contribution is 2.46. The van der Waals surface area contributed by atoms with Crippen LogP contribution in [0.2, 0.25) is 0 Å². The third-order valence-electron chi connectivity index (χ3n) is 3.64. The van der Waals surface area contributed by atoms with Gasteiger partial charge in [0, 0.05) is 4.88 Å². The van der Waals surface area contributed by atoms with E-state index in [0.717, 1.165) is 0 Å². The van der Waals surface area contributed by atoms with Crippen LogP contribution in [0.15, 0.2) is 5.38 Å². The Bertz CT molecular complexity index is 360. The van der Waals surface area contributed by atoms with Crippen molar-refractivity contribution in [1.29, 1.82) is 0 Å². The Morgan fingerprint density at radius 1 is 1.14 bits per heavy atom. The molecule has 0 saturated heterocycles. The van der Waals surface area contributed by atoms with Crippen LogP contribution in [-0.2, 0) is 10.8 Å². The Hall–Kier alpha value is -0.235. The molecular formula is C12H19BS. The molecule has 0 saturated carbocycles. The van der Waals surface area contributed by atoms with Gasteiger partial charge in [0.15, 0.2) is 0 Å². The maximum Gasteiger partial charge on any atom is 0.140 e. The number of rotatable bonds is 0. The summed E-state index contributed by atoms with van der Waals surface area (Å²) < 4.78 is 0. The summed E-state index contributed by atoms with van der Waals surface area (Å²) >= 11 is 1.96. The summed E-state index contributed by atoms with van der Waals surface area (Å²) in [4.78, 5) is 1.63. The zero-order chi connectivity index (χ0) is 10.6. The minimum absolute atomic E-state index is 0.398.